The number of aliphatic hydroxyl groups is 8. The van der Waals surface area contributed by atoms with Gasteiger partial charge in [-0.1, -0.05) is 21.6 Å². The molecule has 10 nitrogen and oxygen atoms in total. The van der Waals surface area contributed by atoms with Gasteiger partial charge in [0.05, 0.1) is 13.2 Å². The summed E-state index contributed by atoms with van der Waals surface area (Å²) in [5.74, 6) is 0. The summed E-state index contributed by atoms with van der Waals surface area (Å²) >= 11 is 0. The van der Waals surface area contributed by atoms with Gasteiger partial charge in [-0.05, 0) is 0 Å². The minimum absolute atomic E-state index is 0.563. The van der Waals surface area contributed by atoms with E-state index < -0.39 is 72.9 Å². The molecule has 0 spiro atoms. The van der Waals surface area contributed by atoms with E-state index in [1.54, 1.807) is 0 Å². The molecule has 0 saturated carbocycles. The van der Waals surface area contributed by atoms with Crippen LogP contribution in [0.3, 0.4) is 0 Å². The molecule has 8 N–H and O–H groups in total. The standard InChI is InChI=1S/C12H22O10S2/c13-1-3-5(15)7(17)9(19)11(21-3)23-24-12-10(20)8(18)6(16)4(2-14)22-12/h3-20H,1-2H2/t3-,4-,5-,6-,7+,8+,9-,10-,11+,12+/m1/s1. The molecule has 2 aliphatic rings. The topological polar surface area (TPSA) is 180 Å². The summed E-state index contributed by atoms with van der Waals surface area (Å²) in [6, 6.07) is 0. The lowest BCUT2D eigenvalue weighted by molar-refractivity contribution is -0.206. The second-order valence-electron chi connectivity index (χ2n) is 5.59. The van der Waals surface area contributed by atoms with Gasteiger partial charge in [-0.3, -0.25) is 0 Å². The van der Waals surface area contributed by atoms with Crippen LogP contribution >= 0.6 is 21.6 Å². The molecular formula is C12H22O10S2. The first-order chi connectivity index (χ1) is 11.3. The smallest absolute Gasteiger partial charge is 0.142 e. The van der Waals surface area contributed by atoms with E-state index in [0.29, 0.717) is 0 Å². The third kappa shape index (κ3) is 4.16. The van der Waals surface area contributed by atoms with Crippen molar-refractivity contribution in [2.24, 2.45) is 0 Å². The first-order valence-corrected chi connectivity index (χ1v) is 9.52. The van der Waals surface area contributed by atoms with Gasteiger partial charge in [0.2, 0.25) is 0 Å². The second-order valence-corrected chi connectivity index (χ2v) is 8.06. The maximum atomic E-state index is 9.93. The third-order valence-electron chi connectivity index (χ3n) is 3.94. The van der Waals surface area contributed by atoms with Crippen LogP contribution in [0.1, 0.15) is 0 Å². The van der Waals surface area contributed by atoms with Gasteiger partial charge in [0, 0.05) is 0 Å². The highest BCUT2D eigenvalue weighted by Crippen LogP contribution is 2.41. The Bertz CT molecular complexity index is 364. The maximum Gasteiger partial charge on any atom is 0.142 e. The zero-order valence-electron chi connectivity index (χ0n) is 12.4. The fraction of sp³-hybridized carbons (Fsp3) is 1.00. The fourth-order valence-corrected chi connectivity index (χ4v) is 5.16. The summed E-state index contributed by atoms with van der Waals surface area (Å²) < 4.78 is 10.6. The summed E-state index contributed by atoms with van der Waals surface area (Å²) in [5, 5.41) is 76.9. The van der Waals surface area contributed by atoms with Gasteiger partial charge >= 0.3 is 0 Å². The van der Waals surface area contributed by atoms with Crippen LogP contribution in [0, 0.1) is 0 Å². The van der Waals surface area contributed by atoms with E-state index in [4.69, 9.17) is 19.7 Å². The summed E-state index contributed by atoms with van der Waals surface area (Å²) in [4.78, 5) is 0. The predicted octanol–water partition coefficient (Wildman–Crippen LogP) is -4.03. The second kappa shape index (κ2) is 8.79. The summed E-state index contributed by atoms with van der Waals surface area (Å²) in [6.07, 6.45) is -11.0. The summed E-state index contributed by atoms with van der Waals surface area (Å²) in [6.45, 7) is -1.13. The third-order valence-corrected chi connectivity index (χ3v) is 6.68. The highest BCUT2D eigenvalue weighted by atomic mass is 33.1. The van der Waals surface area contributed by atoms with Gasteiger partial charge in [0.25, 0.3) is 0 Å². The van der Waals surface area contributed by atoms with Gasteiger partial charge in [-0.2, -0.15) is 0 Å². The Morgan fingerprint density at radius 3 is 1.17 bits per heavy atom. The molecule has 0 unspecified atom stereocenters. The number of hydrogen-bond donors (Lipinski definition) is 8. The van der Waals surface area contributed by atoms with Crippen LogP contribution in [0.5, 0.6) is 0 Å². The largest absolute Gasteiger partial charge is 0.394 e. The van der Waals surface area contributed by atoms with Gasteiger partial charge in [-0.25, -0.2) is 0 Å². The van der Waals surface area contributed by atoms with Crippen molar-refractivity contribution in [2.45, 2.75) is 59.7 Å². The minimum Gasteiger partial charge on any atom is -0.394 e. The quantitative estimate of drug-likeness (QED) is 0.213. The van der Waals surface area contributed by atoms with Crippen molar-refractivity contribution in [3.8, 4) is 0 Å². The molecule has 24 heavy (non-hydrogen) atoms. The SMILES string of the molecule is OC[C@H]1O[C@@H](SS[C@@H]2O[C@H](CO)[C@@H](O)[C@H](O)[C@H]2O)[C@H](O)[C@@H](O)[C@@H]1O. The molecule has 12 heteroatoms. The molecule has 2 fully saturated rings. The Labute approximate surface area is 145 Å². The molecule has 0 radical (unpaired) electrons. The van der Waals surface area contributed by atoms with E-state index in [1.807, 2.05) is 0 Å². The van der Waals surface area contributed by atoms with Crippen LogP contribution in [0.15, 0.2) is 0 Å². The molecule has 2 aliphatic heterocycles. The summed E-state index contributed by atoms with van der Waals surface area (Å²) in [7, 11) is 1.72. The van der Waals surface area contributed by atoms with Crippen LogP contribution in [-0.4, -0.2) is 114 Å². The molecular weight excluding hydrogens is 368 g/mol. The van der Waals surface area contributed by atoms with E-state index in [1.165, 1.54) is 0 Å². The molecule has 0 aromatic rings. The van der Waals surface area contributed by atoms with Crippen molar-refractivity contribution in [3.63, 3.8) is 0 Å². The number of ether oxygens (including phenoxy) is 2. The molecule has 2 rings (SSSR count). The van der Waals surface area contributed by atoms with E-state index in [9.17, 15) is 30.6 Å². The lowest BCUT2D eigenvalue weighted by atomic mass is 10.0. The monoisotopic (exact) mass is 390 g/mol. The van der Waals surface area contributed by atoms with Crippen LogP contribution in [0.25, 0.3) is 0 Å². The Balaban J connectivity index is 1.96. The van der Waals surface area contributed by atoms with Crippen LogP contribution in [0.4, 0.5) is 0 Å². The zero-order chi connectivity index (χ0) is 18.0. The van der Waals surface area contributed by atoms with Crippen LogP contribution in [0.2, 0.25) is 0 Å². The van der Waals surface area contributed by atoms with E-state index in [2.05, 4.69) is 0 Å². The van der Waals surface area contributed by atoms with E-state index >= 15 is 0 Å². The molecule has 0 bridgehead atoms. The van der Waals surface area contributed by atoms with Gasteiger partial charge in [-0.15, -0.1) is 0 Å². The molecule has 0 aromatic heterocycles. The van der Waals surface area contributed by atoms with Crippen molar-refractivity contribution < 1.29 is 50.3 Å². The molecule has 10 atom stereocenters. The maximum absolute atomic E-state index is 9.93. The Kier molecular flexibility index (Phi) is 7.55. The number of rotatable bonds is 5. The number of aliphatic hydroxyl groups excluding tert-OH is 8. The average molecular weight is 390 g/mol. The minimum atomic E-state index is -1.52. The normalized spacial score (nSPS) is 50.0. The molecule has 142 valence electrons. The predicted molar refractivity (Wildman–Crippen MR) is 82.7 cm³/mol. The zero-order valence-corrected chi connectivity index (χ0v) is 14.0. The molecule has 0 amide bonds. The molecule has 2 saturated heterocycles. The highest BCUT2D eigenvalue weighted by Gasteiger charge is 2.47. The van der Waals surface area contributed by atoms with Crippen molar-refractivity contribution in [1.82, 2.24) is 0 Å². The van der Waals surface area contributed by atoms with Gasteiger partial charge in [0.1, 0.15) is 59.7 Å². The van der Waals surface area contributed by atoms with Gasteiger partial charge < -0.3 is 50.3 Å². The Morgan fingerprint density at radius 1 is 0.542 bits per heavy atom. The number of hydrogen-bond acceptors (Lipinski definition) is 12. The molecule has 0 aliphatic carbocycles. The Hall–Kier alpha value is 0.300. The molecule has 0 aromatic carbocycles. The average Bonchev–Trinajstić information content (AvgIpc) is 2.58. The van der Waals surface area contributed by atoms with Crippen molar-refractivity contribution in [2.75, 3.05) is 13.2 Å². The first kappa shape index (κ1) is 20.6. The van der Waals surface area contributed by atoms with Gasteiger partial charge in [0.15, 0.2) is 0 Å². The van der Waals surface area contributed by atoms with Crippen molar-refractivity contribution in [1.29, 1.82) is 0 Å². The van der Waals surface area contributed by atoms with Crippen molar-refractivity contribution >= 4 is 21.6 Å². The van der Waals surface area contributed by atoms with Crippen LogP contribution < -0.4 is 0 Å². The summed E-state index contributed by atoms with van der Waals surface area (Å²) in [5.41, 5.74) is -2.09. The first-order valence-electron chi connectivity index (χ1n) is 7.25. The van der Waals surface area contributed by atoms with Crippen LogP contribution in [-0.2, 0) is 9.47 Å². The van der Waals surface area contributed by atoms with Crippen molar-refractivity contribution in [3.05, 3.63) is 0 Å². The van der Waals surface area contributed by atoms with E-state index in [0.717, 1.165) is 21.6 Å². The Morgan fingerprint density at radius 2 is 0.875 bits per heavy atom. The molecule has 2 heterocycles. The lowest BCUT2D eigenvalue weighted by Crippen LogP contribution is -2.58. The van der Waals surface area contributed by atoms with E-state index in [-0.39, 0.29) is 0 Å². The highest BCUT2D eigenvalue weighted by molar-refractivity contribution is 8.77. The lowest BCUT2D eigenvalue weighted by Gasteiger charge is -2.42. The fourth-order valence-electron chi connectivity index (χ4n) is 2.40.